The van der Waals surface area contributed by atoms with Crippen molar-refractivity contribution in [3.05, 3.63) is 81.6 Å². The Bertz CT molecular complexity index is 811. The third-order valence-corrected chi connectivity index (χ3v) is 5.26. The van der Waals surface area contributed by atoms with Crippen LogP contribution in [0.2, 0.25) is 0 Å². The van der Waals surface area contributed by atoms with Crippen molar-refractivity contribution in [3.63, 3.8) is 0 Å². The summed E-state index contributed by atoms with van der Waals surface area (Å²) in [7, 11) is 0. The van der Waals surface area contributed by atoms with E-state index in [1.807, 2.05) is 24.3 Å². The zero-order chi connectivity index (χ0) is 15.0. The molecule has 3 aromatic rings. The molecule has 0 heterocycles. The van der Waals surface area contributed by atoms with Gasteiger partial charge < -0.3 is 0 Å². The number of benzene rings is 3. The summed E-state index contributed by atoms with van der Waals surface area (Å²) >= 11 is 6.95. The molecule has 106 valence electrons. The van der Waals surface area contributed by atoms with E-state index in [2.05, 4.69) is 63.0 Å². The summed E-state index contributed by atoms with van der Waals surface area (Å²) in [5, 5.41) is 2.32. The normalized spacial score (nSPS) is 12.6. The van der Waals surface area contributed by atoms with E-state index in [1.165, 1.54) is 0 Å². The second kappa shape index (κ2) is 5.90. The molecule has 0 radical (unpaired) electrons. The molecule has 0 fully saturated rings. The number of hydrogen-bond donors (Lipinski definition) is 0. The lowest BCUT2D eigenvalue weighted by atomic mass is 9.94. The first-order valence-electron chi connectivity index (χ1n) is 6.66. The first-order chi connectivity index (χ1) is 10.1. The third-order valence-electron chi connectivity index (χ3n) is 3.70. The fraction of sp³-hybridized carbons (Fsp3) is 0.111. The first kappa shape index (κ1) is 14.7. The maximum absolute atomic E-state index is 14.4. The number of rotatable bonds is 2. The maximum Gasteiger partial charge on any atom is 0.142 e. The van der Waals surface area contributed by atoms with Crippen LogP contribution >= 0.6 is 31.9 Å². The standard InChI is InChI=1S/C18H13Br2F/c1-11-9-10-12-5-2-3-6-13(12)16(11)17(20)14-7-4-8-15(19)18(14)21/h2-10,17H,1H3. The Balaban J connectivity index is 2.24. The van der Waals surface area contributed by atoms with Gasteiger partial charge in [0, 0.05) is 5.56 Å². The molecule has 3 heteroatoms. The SMILES string of the molecule is Cc1ccc2ccccc2c1C(Br)c1cccc(Br)c1F. The molecule has 0 aromatic heterocycles. The van der Waals surface area contributed by atoms with Crippen molar-refractivity contribution in [2.24, 2.45) is 0 Å². The third kappa shape index (κ3) is 2.65. The van der Waals surface area contributed by atoms with Gasteiger partial charge in [0.2, 0.25) is 0 Å². The molecule has 0 aliphatic carbocycles. The van der Waals surface area contributed by atoms with Crippen LogP contribution in [-0.4, -0.2) is 0 Å². The lowest BCUT2D eigenvalue weighted by molar-refractivity contribution is 0.607. The van der Waals surface area contributed by atoms with Crippen LogP contribution in [0.3, 0.4) is 0 Å². The van der Waals surface area contributed by atoms with E-state index in [1.54, 1.807) is 6.07 Å². The summed E-state index contributed by atoms with van der Waals surface area (Å²) in [5.74, 6) is -0.216. The lowest BCUT2D eigenvalue weighted by Crippen LogP contribution is -2.00. The summed E-state index contributed by atoms with van der Waals surface area (Å²) in [6.07, 6.45) is 0. The average molecular weight is 408 g/mol. The Morgan fingerprint density at radius 2 is 1.71 bits per heavy atom. The van der Waals surface area contributed by atoms with Crippen LogP contribution in [0.1, 0.15) is 21.5 Å². The predicted octanol–water partition coefficient (Wildman–Crippen LogP) is 6.53. The van der Waals surface area contributed by atoms with Crippen LogP contribution in [0, 0.1) is 12.7 Å². The van der Waals surface area contributed by atoms with Crippen molar-refractivity contribution in [3.8, 4) is 0 Å². The van der Waals surface area contributed by atoms with E-state index in [0.29, 0.717) is 10.0 Å². The Morgan fingerprint density at radius 3 is 2.52 bits per heavy atom. The van der Waals surface area contributed by atoms with Gasteiger partial charge in [0.15, 0.2) is 0 Å². The van der Waals surface area contributed by atoms with E-state index in [-0.39, 0.29) is 10.6 Å². The number of aryl methyl sites for hydroxylation is 1. The van der Waals surface area contributed by atoms with Gasteiger partial charge in [-0.2, -0.15) is 0 Å². The largest absolute Gasteiger partial charge is 0.205 e. The molecule has 1 atom stereocenters. The summed E-state index contributed by atoms with van der Waals surface area (Å²) in [6.45, 7) is 2.06. The highest BCUT2D eigenvalue weighted by Gasteiger charge is 2.20. The van der Waals surface area contributed by atoms with Crippen LogP contribution in [0.25, 0.3) is 10.8 Å². The molecule has 0 aliphatic heterocycles. The fourth-order valence-corrected chi connectivity index (χ4v) is 3.96. The van der Waals surface area contributed by atoms with Crippen LogP contribution in [0.5, 0.6) is 0 Å². The number of fused-ring (bicyclic) bond motifs is 1. The highest BCUT2D eigenvalue weighted by Crippen LogP contribution is 2.39. The van der Waals surface area contributed by atoms with E-state index in [4.69, 9.17) is 0 Å². The van der Waals surface area contributed by atoms with Gasteiger partial charge in [0.05, 0.1) is 9.30 Å². The molecule has 0 nitrogen and oxygen atoms in total. The van der Waals surface area contributed by atoms with Gasteiger partial charge in [-0.05, 0) is 50.8 Å². The molecule has 3 aromatic carbocycles. The van der Waals surface area contributed by atoms with Crippen molar-refractivity contribution in [2.75, 3.05) is 0 Å². The van der Waals surface area contributed by atoms with Gasteiger partial charge in [-0.25, -0.2) is 4.39 Å². The van der Waals surface area contributed by atoms with Crippen molar-refractivity contribution >= 4 is 42.6 Å². The molecule has 0 saturated heterocycles. The zero-order valence-electron chi connectivity index (χ0n) is 11.4. The zero-order valence-corrected chi connectivity index (χ0v) is 14.6. The molecule has 3 rings (SSSR count). The minimum atomic E-state index is -0.216. The minimum Gasteiger partial charge on any atom is -0.205 e. The van der Waals surface area contributed by atoms with Gasteiger partial charge in [0.25, 0.3) is 0 Å². The highest BCUT2D eigenvalue weighted by atomic mass is 79.9. The van der Waals surface area contributed by atoms with Crippen molar-refractivity contribution < 1.29 is 4.39 Å². The summed E-state index contributed by atoms with van der Waals surface area (Å²) < 4.78 is 14.9. The lowest BCUT2D eigenvalue weighted by Gasteiger charge is -2.17. The second-order valence-corrected chi connectivity index (χ2v) is 6.79. The molecule has 0 amide bonds. The second-order valence-electron chi connectivity index (χ2n) is 5.02. The molecule has 1 unspecified atom stereocenters. The molecule has 21 heavy (non-hydrogen) atoms. The van der Waals surface area contributed by atoms with Gasteiger partial charge >= 0.3 is 0 Å². The topological polar surface area (TPSA) is 0 Å². The Hall–Kier alpha value is -1.19. The molecule has 0 aliphatic rings. The maximum atomic E-state index is 14.4. The van der Waals surface area contributed by atoms with Crippen molar-refractivity contribution in [1.29, 1.82) is 0 Å². The Morgan fingerprint density at radius 1 is 0.952 bits per heavy atom. The van der Waals surface area contributed by atoms with Gasteiger partial charge in [-0.1, -0.05) is 64.5 Å². The Kier molecular flexibility index (Phi) is 4.14. The van der Waals surface area contributed by atoms with Crippen LogP contribution in [-0.2, 0) is 0 Å². The molecule has 0 N–H and O–H groups in total. The van der Waals surface area contributed by atoms with E-state index in [9.17, 15) is 4.39 Å². The molecule has 0 bridgehead atoms. The summed E-state index contributed by atoms with van der Waals surface area (Å²) in [5.41, 5.74) is 2.91. The summed E-state index contributed by atoms with van der Waals surface area (Å²) in [4.78, 5) is -0.180. The van der Waals surface area contributed by atoms with Gasteiger partial charge in [0.1, 0.15) is 5.82 Å². The van der Waals surface area contributed by atoms with Crippen molar-refractivity contribution in [1.82, 2.24) is 0 Å². The van der Waals surface area contributed by atoms with Crippen LogP contribution in [0.4, 0.5) is 4.39 Å². The smallest absolute Gasteiger partial charge is 0.142 e. The number of alkyl halides is 1. The van der Waals surface area contributed by atoms with Crippen LogP contribution in [0.15, 0.2) is 59.1 Å². The fourth-order valence-electron chi connectivity index (χ4n) is 2.61. The molecule has 0 spiro atoms. The van der Waals surface area contributed by atoms with Crippen LogP contribution < -0.4 is 0 Å². The van der Waals surface area contributed by atoms with E-state index >= 15 is 0 Å². The number of halogens is 3. The molecular weight excluding hydrogens is 395 g/mol. The van der Waals surface area contributed by atoms with E-state index in [0.717, 1.165) is 21.9 Å². The first-order valence-corrected chi connectivity index (χ1v) is 8.36. The quantitative estimate of drug-likeness (QED) is 0.423. The monoisotopic (exact) mass is 406 g/mol. The van der Waals surface area contributed by atoms with Crippen molar-refractivity contribution in [2.45, 2.75) is 11.8 Å². The Labute approximate surface area is 140 Å². The van der Waals surface area contributed by atoms with E-state index < -0.39 is 0 Å². The molecular formula is C18H13Br2F. The molecule has 0 saturated carbocycles. The predicted molar refractivity (Wildman–Crippen MR) is 93.6 cm³/mol. The van der Waals surface area contributed by atoms with Gasteiger partial charge in [-0.15, -0.1) is 0 Å². The summed E-state index contributed by atoms with van der Waals surface area (Å²) in [6, 6.07) is 17.8. The minimum absolute atomic E-state index is 0.180. The average Bonchev–Trinajstić information content (AvgIpc) is 2.49. The van der Waals surface area contributed by atoms with Gasteiger partial charge in [-0.3, -0.25) is 0 Å². The highest BCUT2D eigenvalue weighted by molar-refractivity contribution is 9.10. The number of hydrogen-bond acceptors (Lipinski definition) is 0.